The summed E-state index contributed by atoms with van der Waals surface area (Å²) in [7, 11) is 10.2. The maximum Gasteiger partial charge on any atom is 0.230 e. The van der Waals surface area contributed by atoms with Gasteiger partial charge < -0.3 is 29.7 Å². The van der Waals surface area contributed by atoms with Crippen molar-refractivity contribution in [1.29, 1.82) is 0 Å². The topological polar surface area (TPSA) is 84.4 Å². The number of guanidine groups is 1. The molecule has 0 saturated heterocycles. The average molecular weight is 407 g/mol. The number of nitrogens with one attached hydrogen (secondary N) is 2. The molecule has 8 nitrogen and oxygen atoms in total. The minimum absolute atomic E-state index is 0.180. The van der Waals surface area contributed by atoms with Gasteiger partial charge in [0, 0.05) is 45.9 Å². The highest BCUT2D eigenvalue weighted by Crippen LogP contribution is 2.39. The Hall–Kier alpha value is -2.64. The quantitative estimate of drug-likeness (QED) is 0.508. The van der Waals surface area contributed by atoms with E-state index >= 15 is 0 Å². The van der Waals surface area contributed by atoms with Crippen LogP contribution < -0.4 is 24.8 Å². The summed E-state index contributed by atoms with van der Waals surface area (Å²) < 4.78 is 16.2. The third kappa shape index (κ3) is 5.25. The molecule has 8 heteroatoms. The van der Waals surface area contributed by atoms with Gasteiger partial charge in [-0.25, -0.2) is 0 Å². The number of hydrogen-bond acceptors (Lipinski definition) is 5. The zero-order chi connectivity index (χ0) is 21.4. The second kappa shape index (κ2) is 10.2. The third-order valence-corrected chi connectivity index (χ3v) is 5.47. The number of benzene rings is 1. The first-order valence-corrected chi connectivity index (χ1v) is 9.86. The van der Waals surface area contributed by atoms with E-state index in [1.54, 1.807) is 39.3 Å². The van der Waals surface area contributed by atoms with Crippen molar-refractivity contribution in [2.45, 2.75) is 32.2 Å². The van der Waals surface area contributed by atoms with Gasteiger partial charge >= 0.3 is 0 Å². The summed E-state index contributed by atoms with van der Waals surface area (Å²) in [5, 5.41) is 6.64. The first-order chi connectivity index (χ1) is 13.9. The summed E-state index contributed by atoms with van der Waals surface area (Å²) in [6.45, 7) is 1.05. The zero-order valence-corrected chi connectivity index (χ0v) is 18.4. The van der Waals surface area contributed by atoms with E-state index in [0.717, 1.165) is 31.2 Å². The van der Waals surface area contributed by atoms with Gasteiger partial charge in [0.25, 0.3) is 0 Å². The van der Waals surface area contributed by atoms with Crippen molar-refractivity contribution in [2.24, 2.45) is 10.4 Å². The molecule has 1 fully saturated rings. The molecule has 1 saturated carbocycles. The molecule has 1 aliphatic carbocycles. The summed E-state index contributed by atoms with van der Waals surface area (Å²) in [5.41, 5.74) is 0.551. The Bertz CT molecular complexity index is 728. The standard InChI is InChI=1S/C21H34N4O4/c1-22-20(24-14-21(9-7-8-10-21)19(26)25(2)3)23-13-15-11-17(28-5)18(29-6)12-16(15)27-4/h11-12H,7-10,13-14H2,1-6H3,(H2,22,23,24). The molecule has 0 aromatic heterocycles. The molecular weight excluding hydrogens is 372 g/mol. The average Bonchev–Trinajstić information content (AvgIpc) is 3.22. The Morgan fingerprint density at radius 2 is 1.62 bits per heavy atom. The highest BCUT2D eigenvalue weighted by atomic mass is 16.5. The smallest absolute Gasteiger partial charge is 0.230 e. The number of carbonyl (C=O) groups excluding carboxylic acids is 1. The van der Waals surface area contributed by atoms with Crippen LogP contribution in [0.25, 0.3) is 0 Å². The number of rotatable bonds is 8. The normalized spacial score (nSPS) is 15.6. The molecule has 29 heavy (non-hydrogen) atoms. The summed E-state index contributed by atoms with van der Waals surface area (Å²) in [6, 6.07) is 3.68. The van der Waals surface area contributed by atoms with Crippen LogP contribution in [-0.4, -0.2) is 65.8 Å². The summed E-state index contributed by atoms with van der Waals surface area (Å²) in [6.07, 6.45) is 3.96. The lowest BCUT2D eigenvalue weighted by atomic mass is 9.84. The van der Waals surface area contributed by atoms with E-state index in [-0.39, 0.29) is 11.3 Å². The van der Waals surface area contributed by atoms with Crippen molar-refractivity contribution in [1.82, 2.24) is 15.5 Å². The van der Waals surface area contributed by atoms with Gasteiger partial charge in [-0.1, -0.05) is 12.8 Å². The fourth-order valence-corrected chi connectivity index (χ4v) is 3.88. The molecule has 0 unspecified atom stereocenters. The van der Waals surface area contributed by atoms with E-state index in [0.29, 0.717) is 36.3 Å². The first-order valence-electron chi connectivity index (χ1n) is 9.86. The van der Waals surface area contributed by atoms with E-state index < -0.39 is 0 Å². The second-order valence-electron chi connectivity index (χ2n) is 7.49. The third-order valence-electron chi connectivity index (χ3n) is 5.47. The summed E-state index contributed by atoms with van der Waals surface area (Å²) >= 11 is 0. The largest absolute Gasteiger partial charge is 0.496 e. The highest BCUT2D eigenvalue weighted by molar-refractivity contribution is 5.85. The number of carbonyl (C=O) groups is 1. The molecule has 162 valence electrons. The molecule has 1 amide bonds. The number of ether oxygens (including phenoxy) is 3. The maximum absolute atomic E-state index is 12.7. The molecule has 1 aromatic carbocycles. The van der Waals surface area contributed by atoms with Crippen molar-refractivity contribution >= 4 is 11.9 Å². The van der Waals surface area contributed by atoms with Crippen molar-refractivity contribution in [3.8, 4) is 17.2 Å². The number of hydrogen-bond donors (Lipinski definition) is 2. The van der Waals surface area contributed by atoms with Crippen LogP contribution in [-0.2, 0) is 11.3 Å². The molecule has 0 atom stereocenters. The fraction of sp³-hybridized carbons (Fsp3) is 0.619. The van der Waals surface area contributed by atoms with Gasteiger partial charge in [-0.05, 0) is 18.9 Å². The van der Waals surface area contributed by atoms with E-state index in [9.17, 15) is 4.79 Å². The molecule has 0 aliphatic heterocycles. The number of amides is 1. The van der Waals surface area contributed by atoms with Gasteiger partial charge in [0.1, 0.15) is 5.75 Å². The molecule has 1 aliphatic rings. The molecule has 0 heterocycles. The van der Waals surface area contributed by atoms with E-state index in [1.807, 2.05) is 20.2 Å². The van der Waals surface area contributed by atoms with Crippen LogP contribution in [0.5, 0.6) is 17.2 Å². The van der Waals surface area contributed by atoms with Crippen LogP contribution in [0.2, 0.25) is 0 Å². The molecule has 1 aromatic rings. The highest BCUT2D eigenvalue weighted by Gasteiger charge is 2.42. The lowest BCUT2D eigenvalue weighted by molar-refractivity contribution is -0.138. The Balaban J connectivity index is 2.07. The summed E-state index contributed by atoms with van der Waals surface area (Å²) in [4.78, 5) is 18.7. The second-order valence-corrected chi connectivity index (χ2v) is 7.49. The Morgan fingerprint density at radius 1 is 1.03 bits per heavy atom. The molecule has 0 spiro atoms. The zero-order valence-electron chi connectivity index (χ0n) is 18.4. The Kier molecular flexibility index (Phi) is 7.99. The van der Waals surface area contributed by atoms with Crippen LogP contribution in [0.1, 0.15) is 31.2 Å². The van der Waals surface area contributed by atoms with Crippen molar-refractivity contribution in [3.05, 3.63) is 17.7 Å². The first kappa shape index (κ1) is 22.6. The van der Waals surface area contributed by atoms with Crippen molar-refractivity contribution < 1.29 is 19.0 Å². The summed E-state index contributed by atoms with van der Waals surface area (Å²) in [5.74, 6) is 2.76. The molecule has 0 radical (unpaired) electrons. The van der Waals surface area contributed by atoms with Crippen LogP contribution in [0.3, 0.4) is 0 Å². The Labute approximate surface area is 173 Å². The minimum atomic E-state index is -0.359. The molecule has 0 bridgehead atoms. The molecule has 2 rings (SSSR count). The van der Waals surface area contributed by atoms with Gasteiger partial charge in [0.15, 0.2) is 17.5 Å². The van der Waals surface area contributed by atoms with Gasteiger partial charge in [-0.2, -0.15) is 0 Å². The lowest BCUT2D eigenvalue weighted by Crippen LogP contribution is -2.49. The minimum Gasteiger partial charge on any atom is -0.496 e. The van der Waals surface area contributed by atoms with E-state index in [1.165, 1.54) is 0 Å². The molecule has 2 N–H and O–H groups in total. The number of nitrogens with zero attached hydrogens (tertiary/aromatic N) is 2. The number of methoxy groups -OCH3 is 3. The molecular formula is C21H34N4O4. The fourth-order valence-electron chi connectivity index (χ4n) is 3.88. The van der Waals surface area contributed by atoms with Gasteiger partial charge in [0.2, 0.25) is 5.91 Å². The van der Waals surface area contributed by atoms with Crippen LogP contribution in [0.15, 0.2) is 17.1 Å². The SMILES string of the molecule is CN=C(NCc1cc(OC)c(OC)cc1OC)NCC1(C(=O)N(C)C)CCCC1. The predicted molar refractivity (Wildman–Crippen MR) is 114 cm³/mol. The van der Waals surface area contributed by atoms with E-state index in [2.05, 4.69) is 15.6 Å². The predicted octanol–water partition coefficient (Wildman–Crippen LogP) is 2.03. The van der Waals surface area contributed by atoms with Crippen molar-refractivity contribution in [2.75, 3.05) is 49.0 Å². The van der Waals surface area contributed by atoms with Crippen LogP contribution in [0, 0.1) is 5.41 Å². The Morgan fingerprint density at radius 3 is 2.14 bits per heavy atom. The van der Waals surface area contributed by atoms with Crippen LogP contribution in [0.4, 0.5) is 0 Å². The van der Waals surface area contributed by atoms with Crippen molar-refractivity contribution in [3.63, 3.8) is 0 Å². The lowest BCUT2D eigenvalue weighted by Gasteiger charge is -2.31. The van der Waals surface area contributed by atoms with Crippen LogP contribution >= 0.6 is 0 Å². The maximum atomic E-state index is 12.7. The van der Waals surface area contributed by atoms with Gasteiger partial charge in [0.05, 0.1) is 26.7 Å². The van der Waals surface area contributed by atoms with Gasteiger partial charge in [-0.15, -0.1) is 0 Å². The monoisotopic (exact) mass is 406 g/mol. The van der Waals surface area contributed by atoms with Gasteiger partial charge in [-0.3, -0.25) is 9.79 Å². The van der Waals surface area contributed by atoms with E-state index in [4.69, 9.17) is 14.2 Å². The number of aliphatic imine (C=N–C) groups is 1.